The number of nitrogens with zero attached hydrogens (tertiary/aromatic N) is 3. The highest BCUT2D eigenvalue weighted by atomic mass is 32.1. The van der Waals surface area contributed by atoms with Crippen LogP contribution >= 0.6 is 11.3 Å². The van der Waals surface area contributed by atoms with Gasteiger partial charge in [-0.3, -0.25) is 0 Å². The Hall–Kier alpha value is -1.88. The van der Waals surface area contributed by atoms with E-state index in [1.807, 2.05) is 31.2 Å². The molecule has 3 heterocycles. The summed E-state index contributed by atoms with van der Waals surface area (Å²) in [6, 6.07) is 7.98. The number of fused-ring (bicyclic) bond motifs is 1. The van der Waals surface area contributed by atoms with E-state index in [1.165, 1.54) is 0 Å². The Morgan fingerprint density at radius 2 is 2.19 bits per heavy atom. The van der Waals surface area contributed by atoms with Gasteiger partial charge in [-0.2, -0.15) is 0 Å². The molecule has 1 aliphatic rings. The molecule has 1 saturated heterocycles. The lowest BCUT2D eigenvalue weighted by Crippen LogP contribution is -2.34. The van der Waals surface area contributed by atoms with E-state index in [1.54, 1.807) is 11.3 Å². The molecule has 0 radical (unpaired) electrons. The van der Waals surface area contributed by atoms with E-state index >= 15 is 0 Å². The van der Waals surface area contributed by atoms with Crippen molar-refractivity contribution < 1.29 is 4.42 Å². The molecule has 4 nitrogen and oxygen atoms in total. The maximum absolute atomic E-state index is 5.94. The molecule has 5 heteroatoms. The number of para-hydroxylation sites is 2. The van der Waals surface area contributed by atoms with E-state index < -0.39 is 0 Å². The second-order valence-corrected chi connectivity index (χ2v) is 6.41. The molecule has 21 heavy (non-hydrogen) atoms. The molecule has 0 N–H and O–H groups in total. The summed E-state index contributed by atoms with van der Waals surface area (Å²) in [4.78, 5) is 11.6. The Bertz CT molecular complexity index is 731. The molecule has 0 bridgehead atoms. The number of hydrogen-bond donors (Lipinski definition) is 0. The van der Waals surface area contributed by atoms with Crippen molar-refractivity contribution in [3.63, 3.8) is 0 Å². The number of thiazole rings is 1. The van der Waals surface area contributed by atoms with Crippen LogP contribution in [0.2, 0.25) is 0 Å². The highest BCUT2D eigenvalue weighted by molar-refractivity contribution is 7.13. The predicted molar refractivity (Wildman–Crippen MR) is 85.0 cm³/mol. The average molecular weight is 299 g/mol. The van der Waals surface area contributed by atoms with Crippen LogP contribution in [0.15, 0.2) is 34.1 Å². The van der Waals surface area contributed by atoms with E-state index in [0.29, 0.717) is 5.92 Å². The van der Waals surface area contributed by atoms with Gasteiger partial charge in [0, 0.05) is 18.5 Å². The zero-order valence-electron chi connectivity index (χ0n) is 12.0. The molecule has 1 fully saturated rings. The summed E-state index contributed by atoms with van der Waals surface area (Å²) < 4.78 is 5.94. The minimum Gasteiger partial charge on any atom is -0.440 e. The maximum Gasteiger partial charge on any atom is 0.200 e. The van der Waals surface area contributed by atoms with Gasteiger partial charge in [0.2, 0.25) is 0 Å². The van der Waals surface area contributed by atoms with Gasteiger partial charge < -0.3 is 9.32 Å². The maximum atomic E-state index is 5.94. The fourth-order valence-corrected chi connectivity index (χ4v) is 3.74. The molecular weight excluding hydrogens is 282 g/mol. The topological polar surface area (TPSA) is 42.2 Å². The van der Waals surface area contributed by atoms with Crippen LogP contribution in [-0.2, 0) is 0 Å². The van der Waals surface area contributed by atoms with Crippen LogP contribution in [0, 0.1) is 6.92 Å². The fraction of sp³-hybridized carbons (Fsp3) is 0.375. The summed E-state index contributed by atoms with van der Waals surface area (Å²) in [6.45, 7) is 4.06. The summed E-state index contributed by atoms with van der Waals surface area (Å²) in [5.41, 5.74) is 2.93. The first-order chi connectivity index (χ1) is 10.3. The SMILES string of the molecule is Cc1csc(N2CCC[C@H](c3nc4ccccc4o3)C2)n1. The zero-order valence-corrected chi connectivity index (χ0v) is 12.8. The van der Waals surface area contributed by atoms with E-state index in [0.717, 1.165) is 53.7 Å². The number of oxazole rings is 1. The van der Waals surface area contributed by atoms with Crippen molar-refractivity contribution in [1.82, 2.24) is 9.97 Å². The van der Waals surface area contributed by atoms with Crippen molar-refractivity contribution >= 4 is 27.6 Å². The number of rotatable bonds is 2. The van der Waals surface area contributed by atoms with Gasteiger partial charge in [0.15, 0.2) is 16.6 Å². The normalized spacial score (nSPS) is 19.3. The van der Waals surface area contributed by atoms with Crippen molar-refractivity contribution in [2.24, 2.45) is 0 Å². The van der Waals surface area contributed by atoms with Gasteiger partial charge in [-0.1, -0.05) is 12.1 Å². The molecule has 0 aliphatic carbocycles. The smallest absolute Gasteiger partial charge is 0.200 e. The molecule has 2 aromatic heterocycles. The van der Waals surface area contributed by atoms with Gasteiger partial charge in [0.25, 0.3) is 0 Å². The van der Waals surface area contributed by atoms with Crippen molar-refractivity contribution in [2.45, 2.75) is 25.7 Å². The molecule has 0 amide bonds. The first kappa shape index (κ1) is 12.8. The molecule has 1 aromatic carbocycles. The number of aromatic nitrogens is 2. The second kappa shape index (κ2) is 5.15. The van der Waals surface area contributed by atoms with Crippen LogP contribution in [-0.4, -0.2) is 23.1 Å². The van der Waals surface area contributed by atoms with E-state index in [9.17, 15) is 0 Å². The minimum atomic E-state index is 0.357. The number of hydrogen-bond acceptors (Lipinski definition) is 5. The Morgan fingerprint density at radius 3 is 3.00 bits per heavy atom. The van der Waals surface area contributed by atoms with E-state index in [4.69, 9.17) is 4.42 Å². The molecule has 1 atom stereocenters. The predicted octanol–water partition coefficient (Wildman–Crippen LogP) is 3.98. The number of aryl methyl sites for hydroxylation is 1. The van der Waals surface area contributed by atoms with Crippen LogP contribution in [0.25, 0.3) is 11.1 Å². The summed E-state index contributed by atoms with van der Waals surface area (Å²) in [7, 11) is 0. The van der Waals surface area contributed by atoms with Crippen molar-refractivity contribution in [3.05, 3.63) is 41.2 Å². The highest BCUT2D eigenvalue weighted by Gasteiger charge is 2.26. The minimum absolute atomic E-state index is 0.357. The Labute approximate surface area is 127 Å². The zero-order chi connectivity index (χ0) is 14.2. The third-order valence-corrected chi connectivity index (χ3v) is 4.98. The lowest BCUT2D eigenvalue weighted by atomic mass is 9.98. The van der Waals surface area contributed by atoms with E-state index in [-0.39, 0.29) is 0 Å². The largest absolute Gasteiger partial charge is 0.440 e. The van der Waals surface area contributed by atoms with Crippen LogP contribution < -0.4 is 4.90 Å². The molecule has 108 valence electrons. The first-order valence-electron chi connectivity index (χ1n) is 7.32. The quantitative estimate of drug-likeness (QED) is 0.718. The molecule has 0 saturated carbocycles. The lowest BCUT2D eigenvalue weighted by molar-refractivity contribution is 0.413. The second-order valence-electron chi connectivity index (χ2n) is 5.58. The molecule has 0 spiro atoms. The molecular formula is C16H17N3OS. The third kappa shape index (κ3) is 2.42. The van der Waals surface area contributed by atoms with Crippen LogP contribution in [0.5, 0.6) is 0 Å². The molecule has 1 aliphatic heterocycles. The third-order valence-electron chi connectivity index (χ3n) is 3.96. The lowest BCUT2D eigenvalue weighted by Gasteiger charge is -2.30. The van der Waals surface area contributed by atoms with Crippen molar-refractivity contribution in [1.29, 1.82) is 0 Å². The van der Waals surface area contributed by atoms with Crippen molar-refractivity contribution in [3.8, 4) is 0 Å². The summed E-state index contributed by atoms with van der Waals surface area (Å²) >= 11 is 1.72. The Balaban J connectivity index is 1.60. The van der Waals surface area contributed by atoms with Gasteiger partial charge in [0.1, 0.15) is 5.52 Å². The highest BCUT2D eigenvalue weighted by Crippen LogP contribution is 2.32. The molecule has 4 rings (SSSR count). The standard InChI is InChI=1S/C16H17N3OS/c1-11-10-21-16(17-11)19-8-4-5-12(9-19)15-18-13-6-2-3-7-14(13)20-15/h2-3,6-7,10,12H,4-5,8-9H2,1H3/t12-/m0/s1. The summed E-state index contributed by atoms with van der Waals surface area (Å²) in [5.74, 6) is 1.23. The Morgan fingerprint density at radius 1 is 1.29 bits per heavy atom. The average Bonchev–Trinajstić information content (AvgIpc) is 3.13. The molecule has 0 unspecified atom stereocenters. The number of anilines is 1. The van der Waals surface area contributed by atoms with Gasteiger partial charge in [-0.25, -0.2) is 9.97 Å². The van der Waals surface area contributed by atoms with Crippen LogP contribution in [0.3, 0.4) is 0 Å². The monoisotopic (exact) mass is 299 g/mol. The molecule has 3 aromatic rings. The summed E-state index contributed by atoms with van der Waals surface area (Å²) in [6.07, 6.45) is 2.29. The number of piperidine rings is 1. The van der Waals surface area contributed by atoms with Gasteiger partial charge in [-0.05, 0) is 31.9 Å². The summed E-state index contributed by atoms with van der Waals surface area (Å²) in [5, 5.41) is 3.23. The van der Waals surface area contributed by atoms with Gasteiger partial charge >= 0.3 is 0 Å². The van der Waals surface area contributed by atoms with E-state index in [2.05, 4.69) is 20.2 Å². The van der Waals surface area contributed by atoms with Gasteiger partial charge in [-0.15, -0.1) is 11.3 Å². The number of benzene rings is 1. The van der Waals surface area contributed by atoms with Gasteiger partial charge in [0.05, 0.1) is 11.6 Å². The van der Waals surface area contributed by atoms with Crippen LogP contribution in [0.1, 0.15) is 30.3 Å². The van der Waals surface area contributed by atoms with Crippen LogP contribution in [0.4, 0.5) is 5.13 Å². The van der Waals surface area contributed by atoms with Crippen molar-refractivity contribution in [2.75, 3.05) is 18.0 Å². The first-order valence-corrected chi connectivity index (χ1v) is 8.20. The fourth-order valence-electron chi connectivity index (χ4n) is 2.90. The Kier molecular flexibility index (Phi) is 3.15.